The van der Waals surface area contributed by atoms with Crippen LogP contribution in [0.2, 0.25) is 0 Å². The highest BCUT2D eigenvalue weighted by Crippen LogP contribution is 2.09. The van der Waals surface area contributed by atoms with Gasteiger partial charge in [0.05, 0.1) is 12.1 Å². The van der Waals surface area contributed by atoms with Gasteiger partial charge in [0.15, 0.2) is 0 Å². The number of nitrogens with zero attached hydrogens (tertiary/aromatic N) is 2. The Balaban J connectivity index is 2.85. The van der Waals surface area contributed by atoms with E-state index < -0.39 is 16.2 Å². The molecule has 9 heteroatoms. The molecule has 0 aliphatic heterocycles. The molecule has 112 valence electrons. The van der Waals surface area contributed by atoms with Gasteiger partial charge in [-0.3, -0.25) is 14.3 Å². The lowest BCUT2D eigenvalue weighted by Gasteiger charge is -2.17. The lowest BCUT2D eigenvalue weighted by molar-refractivity contribution is -0.137. The summed E-state index contributed by atoms with van der Waals surface area (Å²) in [6, 6.07) is 2.62. The molecule has 0 saturated carbocycles. The SMILES string of the molecule is CCn1cc(NS(=O)(=O)N(C)CCC(=O)O)ccc1=O. The summed E-state index contributed by atoms with van der Waals surface area (Å²) < 4.78 is 28.4. The smallest absolute Gasteiger partial charge is 0.304 e. The first-order valence-corrected chi connectivity index (χ1v) is 7.36. The maximum absolute atomic E-state index is 11.9. The number of hydrogen-bond acceptors (Lipinski definition) is 4. The number of aryl methyl sites for hydroxylation is 1. The number of rotatable bonds is 7. The Morgan fingerprint density at radius 2 is 2.10 bits per heavy atom. The minimum Gasteiger partial charge on any atom is -0.481 e. The minimum atomic E-state index is -3.84. The van der Waals surface area contributed by atoms with E-state index in [0.29, 0.717) is 6.54 Å². The summed E-state index contributed by atoms with van der Waals surface area (Å²) in [6.45, 7) is 2.04. The molecule has 0 atom stereocenters. The fourth-order valence-corrected chi connectivity index (χ4v) is 2.35. The van der Waals surface area contributed by atoms with Crippen LogP contribution in [0.15, 0.2) is 23.1 Å². The van der Waals surface area contributed by atoms with Gasteiger partial charge in [0.2, 0.25) is 0 Å². The number of hydrogen-bond donors (Lipinski definition) is 2. The quantitative estimate of drug-likeness (QED) is 0.733. The Labute approximate surface area is 116 Å². The van der Waals surface area contributed by atoms with Crippen LogP contribution < -0.4 is 10.3 Å². The second kappa shape index (κ2) is 6.53. The number of carboxylic acid groups (broad SMARTS) is 1. The number of anilines is 1. The van der Waals surface area contributed by atoms with E-state index in [1.54, 1.807) is 6.92 Å². The van der Waals surface area contributed by atoms with Crippen LogP contribution in [0.5, 0.6) is 0 Å². The van der Waals surface area contributed by atoms with Gasteiger partial charge >= 0.3 is 16.2 Å². The Bertz CT molecular complexity index is 638. The Kier molecular flexibility index (Phi) is 5.28. The molecule has 8 nitrogen and oxygen atoms in total. The van der Waals surface area contributed by atoms with E-state index >= 15 is 0 Å². The van der Waals surface area contributed by atoms with Gasteiger partial charge in [-0.1, -0.05) is 0 Å². The van der Waals surface area contributed by atoms with E-state index in [2.05, 4.69) is 4.72 Å². The normalized spacial score (nSPS) is 11.6. The molecule has 0 saturated heterocycles. The van der Waals surface area contributed by atoms with E-state index in [4.69, 9.17) is 5.11 Å². The van der Waals surface area contributed by atoms with Crippen molar-refractivity contribution in [3.05, 3.63) is 28.7 Å². The van der Waals surface area contributed by atoms with Crippen LogP contribution >= 0.6 is 0 Å². The molecule has 1 aromatic heterocycles. The average molecular weight is 303 g/mol. The molecule has 1 aromatic rings. The van der Waals surface area contributed by atoms with Crippen molar-refractivity contribution in [2.75, 3.05) is 18.3 Å². The second-order valence-electron chi connectivity index (χ2n) is 4.11. The van der Waals surface area contributed by atoms with Crippen molar-refractivity contribution in [3.63, 3.8) is 0 Å². The number of carboxylic acids is 1. The number of carbonyl (C=O) groups is 1. The Morgan fingerprint density at radius 3 is 2.65 bits per heavy atom. The highest BCUT2D eigenvalue weighted by Gasteiger charge is 2.18. The molecule has 1 rings (SSSR count). The molecule has 20 heavy (non-hydrogen) atoms. The maximum Gasteiger partial charge on any atom is 0.304 e. The summed E-state index contributed by atoms with van der Waals surface area (Å²) in [5.41, 5.74) is 0.0169. The zero-order valence-corrected chi connectivity index (χ0v) is 12.1. The molecule has 0 bridgehead atoms. The fourth-order valence-electron chi connectivity index (χ4n) is 1.44. The van der Waals surface area contributed by atoms with Gasteiger partial charge in [-0.2, -0.15) is 12.7 Å². The monoisotopic (exact) mass is 303 g/mol. The molecule has 0 fully saturated rings. The third-order valence-electron chi connectivity index (χ3n) is 2.62. The van der Waals surface area contributed by atoms with Crippen LogP contribution in [-0.2, 0) is 21.5 Å². The summed E-state index contributed by atoms with van der Waals surface area (Å²) in [6.07, 6.45) is 1.11. The van der Waals surface area contributed by atoms with Gasteiger partial charge in [-0.25, -0.2) is 0 Å². The molecule has 1 heterocycles. The lowest BCUT2D eigenvalue weighted by atomic mass is 10.4. The second-order valence-corrected chi connectivity index (χ2v) is 5.89. The van der Waals surface area contributed by atoms with Gasteiger partial charge in [0.1, 0.15) is 0 Å². The average Bonchev–Trinajstić information content (AvgIpc) is 2.37. The van der Waals surface area contributed by atoms with Gasteiger partial charge in [0, 0.05) is 32.4 Å². The summed E-state index contributed by atoms with van der Waals surface area (Å²) in [5, 5.41) is 8.54. The standard InChI is InChI=1S/C11H17N3O5S/c1-3-14-8-9(4-5-10(14)15)12-20(18,19)13(2)7-6-11(16)17/h4-5,8,12H,3,6-7H2,1-2H3,(H,16,17). The predicted molar refractivity (Wildman–Crippen MR) is 73.8 cm³/mol. The van der Waals surface area contributed by atoms with Crippen LogP contribution in [0.4, 0.5) is 5.69 Å². The third kappa shape index (κ3) is 4.35. The first-order chi connectivity index (χ1) is 9.26. The van der Waals surface area contributed by atoms with Crippen LogP contribution in [0.1, 0.15) is 13.3 Å². The molecule has 0 radical (unpaired) electrons. The van der Waals surface area contributed by atoms with Crippen LogP contribution in [0.25, 0.3) is 0 Å². The highest BCUT2D eigenvalue weighted by atomic mass is 32.2. The number of nitrogens with one attached hydrogen (secondary N) is 1. The van der Waals surface area contributed by atoms with Crippen molar-refractivity contribution in [2.45, 2.75) is 19.9 Å². The van der Waals surface area contributed by atoms with Crippen molar-refractivity contribution in [3.8, 4) is 0 Å². The molecule has 0 spiro atoms. The van der Waals surface area contributed by atoms with Gasteiger partial charge in [-0.15, -0.1) is 0 Å². The zero-order chi connectivity index (χ0) is 15.3. The molecular weight excluding hydrogens is 286 g/mol. The molecule has 0 amide bonds. The zero-order valence-electron chi connectivity index (χ0n) is 11.2. The molecular formula is C11H17N3O5S. The molecule has 2 N–H and O–H groups in total. The summed E-state index contributed by atoms with van der Waals surface area (Å²) in [7, 11) is -2.56. The number of aliphatic carboxylic acids is 1. The van der Waals surface area contributed by atoms with E-state index in [1.165, 1.54) is 29.9 Å². The predicted octanol–water partition coefficient (Wildman–Crippen LogP) is -0.0686. The maximum atomic E-state index is 11.9. The van der Waals surface area contributed by atoms with E-state index in [0.717, 1.165) is 4.31 Å². The number of pyridine rings is 1. The van der Waals surface area contributed by atoms with E-state index in [1.807, 2.05) is 0 Å². The first-order valence-electron chi connectivity index (χ1n) is 5.92. The van der Waals surface area contributed by atoms with Crippen molar-refractivity contribution in [1.82, 2.24) is 8.87 Å². The first kappa shape index (κ1) is 16.2. The van der Waals surface area contributed by atoms with Gasteiger partial charge < -0.3 is 9.67 Å². The largest absolute Gasteiger partial charge is 0.481 e. The molecule has 0 unspecified atom stereocenters. The van der Waals surface area contributed by atoms with Gasteiger partial charge in [0.25, 0.3) is 5.56 Å². The van der Waals surface area contributed by atoms with Crippen molar-refractivity contribution >= 4 is 21.9 Å². The van der Waals surface area contributed by atoms with Crippen molar-refractivity contribution in [1.29, 1.82) is 0 Å². The molecule has 0 aliphatic carbocycles. The molecule has 0 aliphatic rings. The lowest BCUT2D eigenvalue weighted by Crippen LogP contribution is -2.34. The molecule has 0 aromatic carbocycles. The minimum absolute atomic E-state index is 0.141. The van der Waals surface area contributed by atoms with E-state index in [9.17, 15) is 18.0 Å². The number of aromatic nitrogens is 1. The van der Waals surface area contributed by atoms with Crippen molar-refractivity contribution in [2.24, 2.45) is 0 Å². The Morgan fingerprint density at radius 1 is 1.45 bits per heavy atom. The fraction of sp³-hybridized carbons (Fsp3) is 0.455. The van der Waals surface area contributed by atoms with E-state index in [-0.39, 0.29) is 24.2 Å². The van der Waals surface area contributed by atoms with Crippen LogP contribution in [-0.4, -0.2) is 42.0 Å². The summed E-state index contributed by atoms with van der Waals surface area (Å²) >= 11 is 0. The van der Waals surface area contributed by atoms with Crippen LogP contribution in [0.3, 0.4) is 0 Å². The topological polar surface area (TPSA) is 109 Å². The third-order valence-corrected chi connectivity index (χ3v) is 4.12. The highest BCUT2D eigenvalue weighted by molar-refractivity contribution is 7.90. The van der Waals surface area contributed by atoms with Gasteiger partial charge in [-0.05, 0) is 13.0 Å². The summed E-state index contributed by atoms with van der Waals surface area (Å²) in [4.78, 5) is 21.8. The Hall–Kier alpha value is -1.87. The summed E-state index contributed by atoms with van der Waals surface area (Å²) in [5.74, 6) is -1.08. The van der Waals surface area contributed by atoms with Crippen LogP contribution in [0, 0.1) is 0 Å². The van der Waals surface area contributed by atoms with Crippen molar-refractivity contribution < 1.29 is 18.3 Å².